The van der Waals surface area contributed by atoms with Crippen LogP contribution < -0.4 is 4.74 Å². The number of hydrogen-bond donors (Lipinski definition) is 4. The zero-order valence-electron chi connectivity index (χ0n) is 16.4. The molecule has 1 aromatic rings. The van der Waals surface area contributed by atoms with E-state index in [4.69, 9.17) is 9.47 Å². The third kappa shape index (κ3) is 6.14. The fourth-order valence-corrected chi connectivity index (χ4v) is 3.25. The first-order valence-corrected chi connectivity index (χ1v) is 9.51. The van der Waals surface area contributed by atoms with Crippen molar-refractivity contribution >= 4 is 0 Å². The second kappa shape index (κ2) is 10.4. The maximum Gasteiger partial charge on any atom is 0.118 e. The van der Waals surface area contributed by atoms with Crippen molar-refractivity contribution < 1.29 is 29.9 Å². The molecule has 1 heterocycles. The summed E-state index contributed by atoms with van der Waals surface area (Å²) in [5, 5.41) is 39.7. The zero-order chi connectivity index (χ0) is 20.0. The van der Waals surface area contributed by atoms with Gasteiger partial charge in [0.2, 0.25) is 0 Å². The Labute approximate surface area is 161 Å². The van der Waals surface area contributed by atoms with Gasteiger partial charge in [-0.3, -0.25) is 4.90 Å². The van der Waals surface area contributed by atoms with E-state index in [2.05, 4.69) is 18.7 Å². The minimum atomic E-state index is -1.34. The maximum absolute atomic E-state index is 10.3. The highest BCUT2D eigenvalue weighted by Gasteiger charge is 2.43. The lowest BCUT2D eigenvalue weighted by atomic mass is 9.94. The van der Waals surface area contributed by atoms with Crippen molar-refractivity contribution in [1.29, 1.82) is 0 Å². The van der Waals surface area contributed by atoms with Gasteiger partial charge in [0.05, 0.1) is 19.8 Å². The van der Waals surface area contributed by atoms with E-state index in [1.807, 2.05) is 24.3 Å². The second-order valence-electron chi connectivity index (χ2n) is 7.63. The summed E-state index contributed by atoms with van der Waals surface area (Å²) in [5.41, 5.74) is 1.10. The molecule has 0 radical (unpaired) electrons. The molecular formula is C20H33NO6. The number of aliphatic hydroxyl groups excluding tert-OH is 4. The molecule has 5 atom stereocenters. The van der Waals surface area contributed by atoms with E-state index in [1.165, 1.54) is 0 Å². The molecular weight excluding hydrogens is 350 g/mol. The fourth-order valence-electron chi connectivity index (χ4n) is 3.25. The average Bonchev–Trinajstić information content (AvgIpc) is 2.66. The Bertz CT molecular complexity index is 550. The van der Waals surface area contributed by atoms with Gasteiger partial charge in [-0.1, -0.05) is 26.0 Å². The van der Waals surface area contributed by atoms with Gasteiger partial charge in [-0.25, -0.2) is 0 Å². The van der Waals surface area contributed by atoms with E-state index in [1.54, 1.807) is 7.11 Å². The molecule has 0 unspecified atom stereocenters. The first-order chi connectivity index (χ1) is 12.8. The fraction of sp³-hybridized carbons (Fsp3) is 0.700. The number of methoxy groups -OCH3 is 1. The van der Waals surface area contributed by atoms with Crippen molar-refractivity contribution in [3.8, 4) is 5.75 Å². The quantitative estimate of drug-likeness (QED) is 0.489. The van der Waals surface area contributed by atoms with E-state index in [9.17, 15) is 20.4 Å². The largest absolute Gasteiger partial charge is 0.497 e. The average molecular weight is 383 g/mol. The van der Waals surface area contributed by atoms with E-state index >= 15 is 0 Å². The van der Waals surface area contributed by atoms with Gasteiger partial charge in [-0.15, -0.1) is 0 Å². The first kappa shape index (κ1) is 22.1. The van der Waals surface area contributed by atoms with Crippen LogP contribution in [0, 0.1) is 5.92 Å². The van der Waals surface area contributed by atoms with Gasteiger partial charge in [0.25, 0.3) is 0 Å². The molecule has 1 fully saturated rings. The van der Waals surface area contributed by atoms with Gasteiger partial charge in [0.1, 0.15) is 30.2 Å². The van der Waals surface area contributed by atoms with Crippen LogP contribution in [0.1, 0.15) is 25.8 Å². The first-order valence-electron chi connectivity index (χ1n) is 9.51. The molecule has 0 aromatic heterocycles. The Morgan fingerprint density at radius 1 is 1.04 bits per heavy atom. The lowest BCUT2D eigenvalue weighted by molar-refractivity contribution is -0.232. The predicted molar refractivity (Wildman–Crippen MR) is 101 cm³/mol. The SMILES string of the molecule is COc1ccc(CN(CCC(C)C)C[C@@H]2O[C@H](CO)[C@@H](O)[C@H](O)[C@@H]2O)cc1. The van der Waals surface area contributed by atoms with Crippen molar-refractivity contribution in [3.05, 3.63) is 29.8 Å². The molecule has 27 heavy (non-hydrogen) atoms. The Morgan fingerprint density at radius 2 is 1.67 bits per heavy atom. The van der Waals surface area contributed by atoms with E-state index in [0.717, 1.165) is 24.3 Å². The van der Waals surface area contributed by atoms with Gasteiger partial charge < -0.3 is 29.9 Å². The minimum Gasteiger partial charge on any atom is -0.497 e. The summed E-state index contributed by atoms with van der Waals surface area (Å²) < 4.78 is 10.9. The molecule has 0 bridgehead atoms. The Kier molecular flexibility index (Phi) is 8.47. The number of aliphatic hydroxyl groups is 4. The molecule has 1 aliphatic heterocycles. The molecule has 2 rings (SSSR count). The van der Waals surface area contributed by atoms with Crippen LogP contribution in [-0.4, -0.2) is 82.7 Å². The lowest BCUT2D eigenvalue weighted by Gasteiger charge is -2.42. The summed E-state index contributed by atoms with van der Waals surface area (Å²) in [4.78, 5) is 2.16. The van der Waals surface area contributed by atoms with E-state index in [-0.39, 0.29) is 0 Å². The molecule has 0 aliphatic carbocycles. The monoisotopic (exact) mass is 383 g/mol. The van der Waals surface area contributed by atoms with Crippen LogP contribution >= 0.6 is 0 Å². The standard InChI is InChI=1S/C20H33NO6/c1-13(2)8-9-21(10-14-4-6-15(26-3)7-5-14)11-16-18(23)20(25)19(24)17(12-22)27-16/h4-7,13,16-20,22-25H,8-12H2,1-3H3/t16-,17+,18+,19+,20+/m0/s1. The molecule has 154 valence electrons. The van der Waals surface area contributed by atoms with Gasteiger partial charge >= 0.3 is 0 Å². The van der Waals surface area contributed by atoms with E-state index < -0.39 is 37.1 Å². The summed E-state index contributed by atoms with van der Waals surface area (Å²) in [6.45, 7) is 5.75. The highest BCUT2D eigenvalue weighted by molar-refractivity contribution is 5.27. The molecule has 7 heteroatoms. The van der Waals surface area contributed by atoms with Crippen molar-refractivity contribution in [3.63, 3.8) is 0 Å². The smallest absolute Gasteiger partial charge is 0.118 e. The maximum atomic E-state index is 10.3. The molecule has 1 aromatic carbocycles. The number of hydrogen-bond acceptors (Lipinski definition) is 7. The number of benzene rings is 1. The summed E-state index contributed by atoms with van der Waals surface area (Å²) in [5.74, 6) is 1.32. The van der Waals surface area contributed by atoms with Crippen molar-refractivity contribution in [2.45, 2.75) is 57.3 Å². The van der Waals surface area contributed by atoms with Gasteiger partial charge in [0, 0.05) is 13.1 Å². The zero-order valence-corrected chi connectivity index (χ0v) is 16.4. The Morgan fingerprint density at radius 3 is 2.22 bits per heavy atom. The van der Waals surface area contributed by atoms with Crippen molar-refractivity contribution in [2.75, 3.05) is 26.8 Å². The summed E-state index contributed by atoms with van der Waals surface area (Å²) in [7, 11) is 1.63. The molecule has 0 spiro atoms. The summed E-state index contributed by atoms with van der Waals surface area (Å²) in [6, 6.07) is 7.80. The second-order valence-corrected chi connectivity index (χ2v) is 7.63. The number of ether oxygens (including phenoxy) is 2. The molecule has 0 saturated carbocycles. The molecule has 0 amide bonds. The van der Waals surface area contributed by atoms with Crippen molar-refractivity contribution in [2.24, 2.45) is 5.92 Å². The number of rotatable bonds is 9. The number of nitrogens with zero attached hydrogens (tertiary/aromatic N) is 1. The minimum absolute atomic E-state index is 0.389. The van der Waals surface area contributed by atoms with Crippen LogP contribution in [0.2, 0.25) is 0 Å². The van der Waals surface area contributed by atoms with Crippen LogP contribution in [-0.2, 0) is 11.3 Å². The van der Waals surface area contributed by atoms with Crippen LogP contribution in [0.15, 0.2) is 24.3 Å². The highest BCUT2D eigenvalue weighted by Crippen LogP contribution is 2.23. The van der Waals surface area contributed by atoms with E-state index in [0.29, 0.717) is 19.0 Å². The van der Waals surface area contributed by atoms with Gasteiger partial charge in [-0.05, 0) is 36.6 Å². The highest BCUT2D eigenvalue weighted by atomic mass is 16.5. The summed E-state index contributed by atoms with van der Waals surface area (Å²) in [6.07, 6.45) is -4.46. The van der Waals surface area contributed by atoms with Gasteiger partial charge in [-0.2, -0.15) is 0 Å². The Hall–Kier alpha value is -1.22. The molecule has 1 saturated heterocycles. The van der Waals surface area contributed by atoms with Crippen LogP contribution in [0.3, 0.4) is 0 Å². The normalized spacial score (nSPS) is 28.7. The van der Waals surface area contributed by atoms with Gasteiger partial charge in [0.15, 0.2) is 0 Å². The topological polar surface area (TPSA) is 103 Å². The molecule has 7 nitrogen and oxygen atoms in total. The lowest BCUT2D eigenvalue weighted by Crippen LogP contribution is -2.60. The molecule has 1 aliphatic rings. The Balaban J connectivity index is 2.07. The third-order valence-corrected chi connectivity index (χ3v) is 5.02. The molecule has 4 N–H and O–H groups in total. The summed E-state index contributed by atoms with van der Waals surface area (Å²) >= 11 is 0. The van der Waals surface area contributed by atoms with Crippen LogP contribution in [0.4, 0.5) is 0 Å². The van der Waals surface area contributed by atoms with Crippen molar-refractivity contribution in [1.82, 2.24) is 4.90 Å². The third-order valence-electron chi connectivity index (χ3n) is 5.02. The van der Waals surface area contributed by atoms with Crippen LogP contribution in [0.25, 0.3) is 0 Å². The predicted octanol–water partition coefficient (Wildman–Crippen LogP) is 0.386. The van der Waals surface area contributed by atoms with Crippen LogP contribution in [0.5, 0.6) is 5.75 Å².